The van der Waals surface area contributed by atoms with Gasteiger partial charge in [0.1, 0.15) is 5.75 Å². The Hall–Kier alpha value is -2.13. The number of ether oxygens (including phenoxy) is 2. The van der Waals surface area contributed by atoms with E-state index in [-0.39, 0.29) is 11.7 Å². The molecule has 1 aliphatic rings. The van der Waals surface area contributed by atoms with Crippen molar-refractivity contribution < 1.29 is 19.1 Å². The van der Waals surface area contributed by atoms with Crippen LogP contribution < -0.4 is 10.1 Å². The Morgan fingerprint density at radius 2 is 1.93 bits per heavy atom. The smallest absolute Gasteiger partial charge is 0.337 e. The number of hydrogen-bond acceptors (Lipinski definition) is 9. The summed E-state index contributed by atoms with van der Waals surface area (Å²) in [6.45, 7) is 0. The van der Waals surface area contributed by atoms with Gasteiger partial charge in [-0.2, -0.15) is 0 Å². The third kappa shape index (κ3) is 5.93. The monoisotopic (exact) mass is 407 g/mol. The van der Waals surface area contributed by atoms with E-state index in [2.05, 4.69) is 20.3 Å². The van der Waals surface area contributed by atoms with Crippen molar-refractivity contribution in [3.05, 3.63) is 29.8 Å². The van der Waals surface area contributed by atoms with Gasteiger partial charge in [0.2, 0.25) is 5.13 Å². The van der Waals surface area contributed by atoms with E-state index in [1.807, 2.05) is 0 Å². The first-order valence-electron chi connectivity index (χ1n) is 8.76. The first-order valence-corrected chi connectivity index (χ1v) is 10.6. The molecule has 1 N–H and O–H groups in total. The van der Waals surface area contributed by atoms with Crippen LogP contribution in [0.15, 0.2) is 28.6 Å². The molecule has 0 atom stereocenters. The molecule has 0 bridgehead atoms. The zero-order chi connectivity index (χ0) is 19.1. The average molecular weight is 408 g/mol. The van der Waals surface area contributed by atoms with Crippen LogP contribution >= 0.6 is 23.1 Å². The quantitative estimate of drug-likeness (QED) is 0.421. The predicted octanol–water partition coefficient (Wildman–Crippen LogP) is 3.77. The highest BCUT2D eigenvalue weighted by molar-refractivity contribution is 8.01. The lowest BCUT2D eigenvalue weighted by Gasteiger charge is -2.21. The number of nitrogens with zero attached hydrogens (tertiary/aromatic N) is 2. The van der Waals surface area contributed by atoms with E-state index in [9.17, 15) is 9.59 Å². The molecule has 1 heterocycles. The fourth-order valence-corrected chi connectivity index (χ4v) is 4.41. The van der Waals surface area contributed by atoms with Gasteiger partial charge in [0.05, 0.1) is 18.4 Å². The number of aromatic nitrogens is 2. The molecule has 0 spiro atoms. The van der Waals surface area contributed by atoms with Gasteiger partial charge in [0.25, 0.3) is 0 Å². The molecule has 2 aromatic rings. The van der Waals surface area contributed by atoms with Gasteiger partial charge in [-0.25, -0.2) is 4.79 Å². The number of anilines is 1. The third-order valence-corrected chi connectivity index (χ3v) is 6.12. The van der Waals surface area contributed by atoms with Gasteiger partial charge in [-0.15, -0.1) is 10.2 Å². The molecule has 0 saturated heterocycles. The van der Waals surface area contributed by atoms with Crippen LogP contribution in [0.5, 0.6) is 5.75 Å². The van der Waals surface area contributed by atoms with Gasteiger partial charge in [-0.05, 0) is 37.1 Å². The molecule has 7 nitrogen and oxygen atoms in total. The zero-order valence-corrected chi connectivity index (χ0v) is 16.6. The molecule has 1 fully saturated rings. The van der Waals surface area contributed by atoms with Crippen LogP contribution in [-0.2, 0) is 9.53 Å². The van der Waals surface area contributed by atoms with Crippen LogP contribution in [0.2, 0.25) is 0 Å². The van der Waals surface area contributed by atoms with Crippen molar-refractivity contribution in [1.29, 1.82) is 0 Å². The van der Waals surface area contributed by atoms with Crippen molar-refractivity contribution in [1.82, 2.24) is 10.2 Å². The molecule has 0 radical (unpaired) electrons. The van der Waals surface area contributed by atoms with E-state index < -0.39 is 5.97 Å². The lowest BCUT2D eigenvalue weighted by molar-refractivity contribution is -0.131. The number of esters is 2. The topological polar surface area (TPSA) is 90.4 Å². The molecule has 3 rings (SSSR count). The summed E-state index contributed by atoms with van der Waals surface area (Å²) in [4.78, 5) is 23.4. The van der Waals surface area contributed by atoms with Gasteiger partial charge in [0, 0.05) is 6.04 Å². The van der Waals surface area contributed by atoms with Gasteiger partial charge in [-0.1, -0.05) is 42.4 Å². The maximum Gasteiger partial charge on any atom is 0.337 e. The summed E-state index contributed by atoms with van der Waals surface area (Å²) < 4.78 is 10.6. The van der Waals surface area contributed by atoms with E-state index in [0.29, 0.717) is 17.4 Å². The van der Waals surface area contributed by atoms with Gasteiger partial charge >= 0.3 is 11.9 Å². The standard InChI is InChI=1S/C18H21N3O4S2/c1-24-16(23)12-7-9-14(10-8-12)25-15(22)11-26-18-21-20-17(27-18)19-13-5-3-2-4-6-13/h7-10,13H,2-6,11H2,1H3,(H,19,20). The van der Waals surface area contributed by atoms with Crippen LogP contribution in [0.3, 0.4) is 0 Å². The van der Waals surface area contributed by atoms with Crippen LogP contribution in [0.25, 0.3) is 0 Å². The number of methoxy groups -OCH3 is 1. The van der Waals surface area contributed by atoms with E-state index in [4.69, 9.17) is 4.74 Å². The zero-order valence-electron chi connectivity index (χ0n) is 15.0. The van der Waals surface area contributed by atoms with Gasteiger partial charge in [-0.3, -0.25) is 4.79 Å². The summed E-state index contributed by atoms with van der Waals surface area (Å²) in [5.41, 5.74) is 0.401. The SMILES string of the molecule is COC(=O)c1ccc(OC(=O)CSc2nnc(NC3CCCCC3)s2)cc1. The summed E-state index contributed by atoms with van der Waals surface area (Å²) in [7, 11) is 1.32. The normalized spacial score (nSPS) is 14.6. The molecule has 1 saturated carbocycles. The molecular weight excluding hydrogens is 386 g/mol. The summed E-state index contributed by atoms with van der Waals surface area (Å²) in [6.07, 6.45) is 6.16. The molecule has 0 aliphatic heterocycles. The molecule has 1 aromatic heterocycles. The highest BCUT2D eigenvalue weighted by atomic mass is 32.2. The maximum absolute atomic E-state index is 12.0. The Morgan fingerprint density at radius 1 is 1.19 bits per heavy atom. The Kier molecular flexibility index (Phi) is 7.05. The molecule has 9 heteroatoms. The molecule has 27 heavy (non-hydrogen) atoms. The lowest BCUT2D eigenvalue weighted by Crippen LogP contribution is -2.21. The van der Waals surface area contributed by atoms with E-state index in [1.165, 1.54) is 62.3 Å². The molecule has 0 unspecified atom stereocenters. The molecule has 1 aliphatic carbocycles. The number of rotatable bonds is 7. The molecular formula is C18H21N3O4S2. The van der Waals surface area contributed by atoms with E-state index in [1.54, 1.807) is 24.3 Å². The number of hydrogen-bond donors (Lipinski definition) is 1. The van der Waals surface area contributed by atoms with Crippen LogP contribution in [0.4, 0.5) is 5.13 Å². The second kappa shape index (κ2) is 9.70. The predicted molar refractivity (Wildman–Crippen MR) is 105 cm³/mol. The fourth-order valence-electron chi connectivity index (χ4n) is 2.81. The molecule has 144 valence electrons. The number of thioether (sulfide) groups is 1. The van der Waals surface area contributed by atoms with Crippen molar-refractivity contribution in [3.63, 3.8) is 0 Å². The third-order valence-electron chi connectivity index (χ3n) is 4.16. The number of benzene rings is 1. The fraction of sp³-hybridized carbons (Fsp3) is 0.444. The first-order chi connectivity index (χ1) is 13.1. The Balaban J connectivity index is 1.44. The highest BCUT2D eigenvalue weighted by Gasteiger charge is 2.16. The van der Waals surface area contributed by atoms with Crippen LogP contribution in [0, 0.1) is 0 Å². The Morgan fingerprint density at radius 3 is 2.63 bits per heavy atom. The highest BCUT2D eigenvalue weighted by Crippen LogP contribution is 2.28. The van der Waals surface area contributed by atoms with Crippen LogP contribution in [0.1, 0.15) is 42.5 Å². The lowest BCUT2D eigenvalue weighted by atomic mass is 9.96. The Bertz CT molecular complexity index is 773. The van der Waals surface area contributed by atoms with Crippen molar-refractivity contribution in [2.24, 2.45) is 0 Å². The van der Waals surface area contributed by atoms with Crippen LogP contribution in [-0.4, -0.2) is 41.0 Å². The first kappa shape index (κ1) is 19.6. The Labute approximate surface area is 165 Å². The van der Waals surface area contributed by atoms with Crippen molar-refractivity contribution in [3.8, 4) is 5.75 Å². The average Bonchev–Trinajstić information content (AvgIpc) is 3.14. The molecule has 0 amide bonds. The van der Waals surface area contributed by atoms with Crippen molar-refractivity contribution >= 4 is 40.2 Å². The number of carbonyl (C=O) groups is 2. The van der Waals surface area contributed by atoms with Gasteiger partial charge < -0.3 is 14.8 Å². The number of nitrogens with one attached hydrogen (secondary N) is 1. The van der Waals surface area contributed by atoms with E-state index in [0.717, 1.165) is 9.47 Å². The minimum Gasteiger partial charge on any atom is -0.465 e. The largest absolute Gasteiger partial charge is 0.465 e. The summed E-state index contributed by atoms with van der Waals surface area (Å²) in [5, 5.41) is 12.5. The maximum atomic E-state index is 12.0. The molecule has 1 aromatic carbocycles. The second-order valence-electron chi connectivity index (χ2n) is 6.13. The summed E-state index contributed by atoms with van der Waals surface area (Å²) in [6, 6.07) is 6.70. The summed E-state index contributed by atoms with van der Waals surface area (Å²) in [5.74, 6) is -0.304. The van der Waals surface area contributed by atoms with E-state index >= 15 is 0 Å². The minimum atomic E-state index is -0.433. The minimum absolute atomic E-state index is 0.136. The summed E-state index contributed by atoms with van der Waals surface area (Å²) >= 11 is 2.75. The van der Waals surface area contributed by atoms with Gasteiger partial charge in [0.15, 0.2) is 4.34 Å². The number of carbonyl (C=O) groups excluding carboxylic acids is 2. The van der Waals surface area contributed by atoms with Crippen molar-refractivity contribution in [2.45, 2.75) is 42.5 Å². The van der Waals surface area contributed by atoms with Crippen molar-refractivity contribution in [2.75, 3.05) is 18.2 Å². The second-order valence-corrected chi connectivity index (χ2v) is 8.33.